The van der Waals surface area contributed by atoms with Crippen molar-refractivity contribution in [3.63, 3.8) is 0 Å². The summed E-state index contributed by atoms with van der Waals surface area (Å²) in [4.78, 5) is 35.6. The number of non-ortho nitro benzene ring substituents is 1. The third-order valence-electron chi connectivity index (χ3n) is 3.67. The van der Waals surface area contributed by atoms with E-state index < -0.39 is 28.4 Å². The second kappa shape index (κ2) is 7.19. The molecule has 0 unspecified atom stereocenters. The topological polar surface area (TPSA) is 108 Å². The number of likely N-dealkylation sites (tertiary alicyclic amines) is 1. The molecule has 1 aliphatic rings. The van der Waals surface area contributed by atoms with Gasteiger partial charge >= 0.3 is 12.2 Å². The SMILES string of the molecule is CC(C)(C)OC(=O)N1CC[C@@](C)(OC(=O)Oc2ccc([N+](=O)[O-])cc2)C1. The van der Waals surface area contributed by atoms with Crippen molar-refractivity contribution in [3.8, 4) is 5.75 Å². The highest BCUT2D eigenvalue weighted by Gasteiger charge is 2.41. The average molecular weight is 366 g/mol. The molecule has 1 aromatic carbocycles. The fourth-order valence-corrected chi connectivity index (χ4v) is 2.45. The number of benzene rings is 1. The summed E-state index contributed by atoms with van der Waals surface area (Å²) in [7, 11) is 0. The van der Waals surface area contributed by atoms with Gasteiger partial charge in [0.1, 0.15) is 17.0 Å². The van der Waals surface area contributed by atoms with E-state index in [0.29, 0.717) is 13.0 Å². The van der Waals surface area contributed by atoms with Crippen LogP contribution in [0, 0.1) is 10.1 Å². The molecular weight excluding hydrogens is 344 g/mol. The number of amides is 1. The van der Waals surface area contributed by atoms with Gasteiger partial charge in [-0.2, -0.15) is 0 Å². The fraction of sp³-hybridized carbons (Fsp3) is 0.529. The van der Waals surface area contributed by atoms with Crippen LogP contribution in [0.2, 0.25) is 0 Å². The van der Waals surface area contributed by atoms with E-state index in [-0.39, 0.29) is 18.0 Å². The van der Waals surface area contributed by atoms with Crippen molar-refractivity contribution < 1.29 is 28.7 Å². The third kappa shape index (κ3) is 5.33. The molecule has 0 saturated carbocycles. The van der Waals surface area contributed by atoms with Gasteiger partial charge in [0, 0.05) is 25.1 Å². The Bertz CT molecular complexity index is 696. The number of nitro groups is 1. The maximum atomic E-state index is 12.1. The molecule has 2 rings (SSSR count). The largest absolute Gasteiger partial charge is 0.514 e. The summed E-state index contributed by atoms with van der Waals surface area (Å²) in [5.41, 5.74) is -1.61. The van der Waals surface area contributed by atoms with Gasteiger partial charge in [0.15, 0.2) is 0 Å². The molecule has 26 heavy (non-hydrogen) atoms. The highest BCUT2D eigenvalue weighted by atomic mass is 16.7. The van der Waals surface area contributed by atoms with E-state index in [4.69, 9.17) is 14.2 Å². The number of hydrogen-bond donors (Lipinski definition) is 0. The second-order valence-corrected chi connectivity index (χ2v) is 7.31. The molecule has 1 fully saturated rings. The number of nitro benzene ring substituents is 1. The summed E-state index contributed by atoms with van der Waals surface area (Å²) in [5, 5.41) is 10.6. The molecule has 0 aliphatic carbocycles. The molecule has 0 N–H and O–H groups in total. The van der Waals surface area contributed by atoms with Crippen LogP contribution in [-0.2, 0) is 9.47 Å². The zero-order valence-electron chi connectivity index (χ0n) is 15.2. The van der Waals surface area contributed by atoms with E-state index in [2.05, 4.69) is 0 Å². The molecule has 0 aromatic heterocycles. The van der Waals surface area contributed by atoms with Crippen LogP contribution in [0.15, 0.2) is 24.3 Å². The lowest BCUT2D eigenvalue weighted by molar-refractivity contribution is -0.384. The third-order valence-corrected chi connectivity index (χ3v) is 3.67. The normalized spacial score (nSPS) is 19.8. The molecule has 142 valence electrons. The highest BCUT2D eigenvalue weighted by Crippen LogP contribution is 2.27. The first-order valence-corrected chi connectivity index (χ1v) is 8.11. The van der Waals surface area contributed by atoms with E-state index in [1.165, 1.54) is 29.2 Å². The smallest absolute Gasteiger partial charge is 0.444 e. The van der Waals surface area contributed by atoms with Gasteiger partial charge in [0.25, 0.3) is 5.69 Å². The van der Waals surface area contributed by atoms with E-state index in [1.807, 2.05) is 0 Å². The summed E-state index contributed by atoms with van der Waals surface area (Å²) >= 11 is 0. The minimum absolute atomic E-state index is 0.110. The van der Waals surface area contributed by atoms with Crippen LogP contribution in [0.1, 0.15) is 34.1 Å². The number of carbonyl (C=O) groups excluding carboxylic acids is 2. The van der Waals surface area contributed by atoms with Crippen LogP contribution in [0.25, 0.3) is 0 Å². The van der Waals surface area contributed by atoms with E-state index in [1.54, 1.807) is 27.7 Å². The zero-order chi connectivity index (χ0) is 19.5. The molecule has 9 heteroatoms. The Kier molecular flexibility index (Phi) is 5.38. The van der Waals surface area contributed by atoms with Crippen molar-refractivity contribution in [3.05, 3.63) is 34.4 Å². The Morgan fingerprint density at radius 2 is 1.85 bits per heavy atom. The Morgan fingerprint density at radius 1 is 1.23 bits per heavy atom. The van der Waals surface area contributed by atoms with Crippen LogP contribution >= 0.6 is 0 Å². The molecule has 0 bridgehead atoms. The fourth-order valence-electron chi connectivity index (χ4n) is 2.45. The lowest BCUT2D eigenvalue weighted by atomic mass is 10.1. The number of carbonyl (C=O) groups is 2. The van der Waals surface area contributed by atoms with Crippen LogP contribution in [0.5, 0.6) is 5.75 Å². The number of ether oxygens (including phenoxy) is 3. The Labute approximate surface area is 151 Å². The Balaban J connectivity index is 1.90. The van der Waals surface area contributed by atoms with Crippen LogP contribution in [0.3, 0.4) is 0 Å². The van der Waals surface area contributed by atoms with Gasteiger partial charge in [-0.05, 0) is 39.8 Å². The first-order valence-electron chi connectivity index (χ1n) is 8.11. The van der Waals surface area contributed by atoms with Gasteiger partial charge in [0.2, 0.25) is 0 Å². The van der Waals surface area contributed by atoms with Gasteiger partial charge in [-0.25, -0.2) is 9.59 Å². The lowest BCUT2D eigenvalue weighted by Crippen LogP contribution is -2.40. The minimum atomic E-state index is -0.938. The van der Waals surface area contributed by atoms with Crippen molar-refractivity contribution in [1.82, 2.24) is 4.90 Å². The molecule has 1 aromatic rings. The van der Waals surface area contributed by atoms with Gasteiger partial charge < -0.3 is 19.1 Å². The summed E-state index contributed by atoms with van der Waals surface area (Å²) in [6.07, 6.45) is -0.956. The van der Waals surface area contributed by atoms with Crippen molar-refractivity contribution in [1.29, 1.82) is 0 Å². The predicted octanol–water partition coefficient (Wildman–Crippen LogP) is 3.51. The van der Waals surface area contributed by atoms with Crippen LogP contribution in [0.4, 0.5) is 15.3 Å². The molecule has 0 radical (unpaired) electrons. The molecule has 9 nitrogen and oxygen atoms in total. The molecule has 1 heterocycles. The zero-order valence-corrected chi connectivity index (χ0v) is 15.2. The van der Waals surface area contributed by atoms with Crippen molar-refractivity contribution in [2.75, 3.05) is 13.1 Å². The van der Waals surface area contributed by atoms with Crippen molar-refractivity contribution in [2.24, 2.45) is 0 Å². The van der Waals surface area contributed by atoms with Gasteiger partial charge in [0.05, 0.1) is 11.5 Å². The summed E-state index contributed by atoms with van der Waals surface area (Å²) < 4.78 is 15.7. The number of rotatable bonds is 3. The maximum absolute atomic E-state index is 12.1. The van der Waals surface area contributed by atoms with Gasteiger partial charge in [-0.3, -0.25) is 10.1 Å². The maximum Gasteiger partial charge on any atom is 0.514 e. The van der Waals surface area contributed by atoms with E-state index in [9.17, 15) is 19.7 Å². The Morgan fingerprint density at radius 3 is 2.38 bits per heavy atom. The minimum Gasteiger partial charge on any atom is -0.444 e. The molecule has 0 spiro atoms. The molecule has 1 saturated heterocycles. The molecular formula is C17H22N2O7. The standard InChI is InChI=1S/C17H22N2O7/c1-16(2,3)25-14(20)18-10-9-17(4,11-18)26-15(21)24-13-7-5-12(6-8-13)19(22)23/h5-8H,9-11H2,1-4H3/t17-/m1/s1. The first-order chi connectivity index (χ1) is 12.0. The lowest BCUT2D eigenvalue weighted by Gasteiger charge is -2.26. The molecule has 1 atom stereocenters. The average Bonchev–Trinajstić information content (AvgIpc) is 2.88. The monoisotopic (exact) mass is 366 g/mol. The summed E-state index contributed by atoms with van der Waals surface area (Å²) in [6.45, 7) is 7.62. The first kappa shape index (κ1) is 19.5. The number of nitrogens with zero attached hydrogens (tertiary/aromatic N) is 2. The van der Waals surface area contributed by atoms with Crippen molar-refractivity contribution in [2.45, 2.75) is 45.3 Å². The predicted molar refractivity (Wildman–Crippen MR) is 91.0 cm³/mol. The molecule has 1 aliphatic heterocycles. The number of hydrogen-bond acceptors (Lipinski definition) is 7. The Hall–Kier alpha value is -2.84. The van der Waals surface area contributed by atoms with Crippen LogP contribution in [-0.4, -0.2) is 46.4 Å². The van der Waals surface area contributed by atoms with Gasteiger partial charge in [-0.1, -0.05) is 0 Å². The van der Waals surface area contributed by atoms with E-state index in [0.717, 1.165) is 0 Å². The quantitative estimate of drug-likeness (QED) is 0.348. The highest BCUT2D eigenvalue weighted by molar-refractivity contribution is 5.69. The summed E-state index contributed by atoms with van der Waals surface area (Å²) in [5.74, 6) is 0.131. The van der Waals surface area contributed by atoms with Crippen LogP contribution < -0.4 is 4.74 Å². The second-order valence-electron chi connectivity index (χ2n) is 7.31. The van der Waals surface area contributed by atoms with E-state index >= 15 is 0 Å². The summed E-state index contributed by atoms with van der Waals surface area (Å²) in [6, 6.07) is 5.07. The molecule has 1 amide bonds. The van der Waals surface area contributed by atoms with Crippen molar-refractivity contribution >= 4 is 17.9 Å². The van der Waals surface area contributed by atoms with Gasteiger partial charge in [-0.15, -0.1) is 0 Å².